The normalized spacial score (nSPS) is 8.49. The Hall–Kier alpha value is -4.68. The zero-order valence-corrected chi connectivity index (χ0v) is 32.9. The van der Waals surface area contributed by atoms with Crippen molar-refractivity contribution in [2.45, 2.75) is 89.5 Å². The minimum atomic E-state index is 1.03. The van der Waals surface area contributed by atoms with Crippen LogP contribution in [0, 0.1) is 27.7 Å². The summed E-state index contributed by atoms with van der Waals surface area (Å²) in [6, 6.07) is 58.8. The molecule has 6 aromatic rings. The molecular formula is C49H66. The lowest BCUT2D eigenvalue weighted by molar-refractivity contribution is 1.19. The SMILES string of the molecule is CC.CC.CC.CC.Cc1ccc(C)cc1.Cc1cccc(C)c1.c1ccc(-c2ccccc2)cc1.c1ccc(Cc2ccccc2)cc1. The van der Waals surface area contributed by atoms with Gasteiger partial charge < -0.3 is 0 Å². The molecule has 49 heavy (non-hydrogen) atoms. The van der Waals surface area contributed by atoms with Gasteiger partial charge in [-0.25, -0.2) is 0 Å². The molecule has 0 saturated heterocycles. The molecule has 0 unspecified atom stereocenters. The third kappa shape index (κ3) is 24.2. The van der Waals surface area contributed by atoms with Crippen LogP contribution in [0.5, 0.6) is 0 Å². The van der Waals surface area contributed by atoms with Crippen LogP contribution >= 0.6 is 0 Å². The lowest BCUT2D eigenvalue weighted by Gasteiger charge is -2.00. The van der Waals surface area contributed by atoms with Gasteiger partial charge in [-0.3, -0.25) is 0 Å². The first-order valence-electron chi connectivity index (χ1n) is 18.2. The second-order valence-electron chi connectivity index (χ2n) is 10.2. The maximum atomic E-state index is 2.17. The van der Waals surface area contributed by atoms with Crippen LogP contribution in [0.3, 0.4) is 0 Å². The maximum absolute atomic E-state index is 2.17. The highest BCUT2D eigenvalue weighted by atomic mass is 14.0. The van der Waals surface area contributed by atoms with E-state index in [-0.39, 0.29) is 0 Å². The Labute approximate surface area is 303 Å². The molecule has 0 aliphatic rings. The van der Waals surface area contributed by atoms with E-state index in [4.69, 9.17) is 0 Å². The molecule has 6 aromatic carbocycles. The molecule has 0 saturated carbocycles. The van der Waals surface area contributed by atoms with Crippen LogP contribution in [0.15, 0.2) is 170 Å². The Morgan fingerprint density at radius 3 is 0.776 bits per heavy atom. The Balaban J connectivity index is 0. The van der Waals surface area contributed by atoms with Crippen molar-refractivity contribution in [3.05, 3.63) is 203 Å². The largest absolute Gasteiger partial charge is 0.0683 e. The van der Waals surface area contributed by atoms with Crippen LogP contribution in [0.25, 0.3) is 11.1 Å². The van der Waals surface area contributed by atoms with Crippen molar-refractivity contribution in [1.82, 2.24) is 0 Å². The molecule has 0 aliphatic carbocycles. The van der Waals surface area contributed by atoms with Gasteiger partial charge in [-0.1, -0.05) is 248 Å². The highest BCUT2D eigenvalue weighted by Crippen LogP contribution is 2.17. The van der Waals surface area contributed by atoms with Crippen molar-refractivity contribution in [2.24, 2.45) is 0 Å². The highest BCUT2D eigenvalue weighted by Gasteiger charge is 1.93. The van der Waals surface area contributed by atoms with Crippen molar-refractivity contribution in [3.63, 3.8) is 0 Å². The smallest absolute Gasteiger partial charge is 0.00258 e. The molecular weight excluding hydrogens is 589 g/mol. The Kier molecular flexibility index (Phi) is 31.5. The van der Waals surface area contributed by atoms with Crippen LogP contribution in [-0.4, -0.2) is 0 Å². The van der Waals surface area contributed by atoms with E-state index >= 15 is 0 Å². The van der Waals surface area contributed by atoms with Gasteiger partial charge in [-0.05, 0) is 56.4 Å². The number of hydrogen-bond acceptors (Lipinski definition) is 0. The summed E-state index contributed by atoms with van der Waals surface area (Å²) in [6.07, 6.45) is 1.03. The van der Waals surface area contributed by atoms with Gasteiger partial charge in [0, 0.05) is 0 Å². The molecule has 0 radical (unpaired) electrons. The van der Waals surface area contributed by atoms with E-state index in [0.29, 0.717) is 0 Å². The summed E-state index contributed by atoms with van der Waals surface area (Å²) >= 11 is 0. The average Bonchev–Trinajstić information content (AvgIpc) is 3.18. The first kappa shape index (κ1) is 46.4. The molecule has 0 aliphatic heterocycles. The monoisotopic (exact) mass is 655 g/mol. The lowest BCUT2D eigenvalue weighted by atomic mass is 10.1. The number of benzene rings is 6. The molecule has 0 fully saturated rings. The fraction of sp³-hybridized carbons (Fsp3) is 0.265. The molecule has 0 heterocycles. The summed E-state index contributed by atoms with van der Waals surface area (Å²) in [5, 5.41) is 0. The van der Waals surface area contributed by atoms with Crippen molar-refractivity contribution < 1.29 is 0 Å². The van der Waals surface area contributed by atoms with E-state index in [1.54, 1.807) is 0 Å². The first-order chi connectivity index (χ1) is 24.0. The van der Waals surface area contributed by atoms with Gasteiger partial charge in [0.15, 0.2) is 0 Å². The van der Waals surface area contributed by atoms with E-state index in [9.17, 15) is 0 Å². The molecule has 6 rings (SSSR count). The molecule has 0 amide bonds. The van der Waals surface area contributed by atoms with Gasteiger partial charge >= 0.3 is 0 Å². The van der Waals surface area contributed by atoms with Crippen LogP contribution < -0.4 is 0 Å². The summed E-state index contributed by atoms with van der Waals surface area (Å²) < 4.78 is 0. The van der Waals surface area contributed by atoms with Crippen LogP contribution in [-0.2, 0) is 6.42 Å². The number of hydrogen-bond donors (Lipinski definition) is 0. The van der Waals surface area contributed by atoms with E-state index in [2.05, 4.69) is 185 Å². The van der Waals surface area contributed by atoms with Crippen LogP contribution in [0.1, 0.15) is 88.8 Å². The molecule has 0 spiro atoms. The fourth-order valence-electron chi connectivity index (χ4n) is 4.13. The predicted molar refractivity (Wildman–Crippen MR) is 225 cm³/mol. The summed E-state index contributed by atoms with van der Waals surface area (Å²) in [4.78, 5) is 0. The van der Waals surface area contributed by atoms with E-state index in [1.165, 1.54) is 44.5 Å². The highest BCUT2D eigenvalue weighted by molar-refractivity contribution is 5.62. The van der Waals surface area contributed by atoms with E-state index in [1.807, 2.05) is 67.5 Å². The number of aryl methyl sites for hydroxylation is 4. The minimum Gasteiger partial charge on any atom is -0.0683 e. The molecule has 262 valence electrons. The predicted octanol–water partition coefficient (Wildman–Crippen LogP) is 15.3. The summed E-state index contributed by atoms with van der Waals surface area (Å²) in [6.45, 7) is 24.4. The molecule has 0 N–H and O–H groups in total. The van der Waals surface area contributed by atoms with Gasteiger partial charge in [-0.2, -0.15) is 0 Å². The third-order valence-corrected chi connectivity index (χ3v) is 6.37. The van der Waals surface area contributed by atoms with Crippen molar-refractivity contribution in [3.8, 4) is 11.1 Å². The topological polar surface area (TPSA) is 0 Å². The second-order valence-corrected chi connectivity index (χ2v) is 10.2. The molecule has 0 atom stereocenters. The Morgan fingerprint density at radius 2 is 0.531 bits per heavy atom. The Morgan fingerprint density at radius 1 is 0.265 bits per heavy atom. The summed E-state index contributed by atoms with van der Waals surface area (Å²) in [5.41, 5.74) is 10.6. The summed E-state index contributed by atoms with van der Waals surface area (Å²) in [7, 11) is 0. The molecule has 0 nitrogen and oxygen atoms in total. The van der Waals surface area contributed by atoms with Crippen molar-refractivity contribution in [1.29, 1.82) is 0 Å². The van der Waals surface area contributed by atoms with E-state index < -0.39 is 0 Å². The van der Waals surface area contributed by atoms with E-state index in [0.717, 1.165) is 6.42 Å². The van der Waals surface area contributed by atoms with Gasteiger partial charge in [0.25, 0.3) is 0 Å². The van der Waals surface area contributed by atoms with Gasteiger partial charge in [0.05, 0.1) is 0 Å². The first-order valence-corrected chi connectivity index (χ1v) is 18.2. The van der Waals surface area contributed by atoms with Crippen molar-refractivity contribution in [2.75, 3.05) is 0 Å². The Bertz CT molecular complexity index is 1370. The zero-order valence-electron chi connectivity index (χ0n) is 32.9. The lowest BCUT2D eigenvalue weighted by Crippen LogP contribution is -1.85. The third-order valence-electron chi connectivity index (χ3n) is 6.37. The molecule has 0 heteroatoms. The fourth-order valence-corrected chi connectivity index (χ4v) is 4.13. The second kappa shape index (κ2) is 33.2. The quantitative estimate of drug-likeness (QED) is 0.178. The molecule has 0 aromatic heterocycles. The standard InChI is InChI=1S/C13H12.C12H10.2C8H10.4C2H6/c1-3-7-12(8-4-1)11-13-9-5-2-6-10-13;1-3-7-11(8-4-1)12-9-5-2-6-10-12;1-7-3-5-8(2)6-4-7;1-7-4-3-5-8(2)6-7;4*1-2/h1-10H,11H2;1-10H;2*3-6H,1-2H3;4*1-2H3. The maximum Gasteiger partial charge on any atom is -0.00258 e. The average molecular weight is 655 g/mol. The van der Waals surface area contributed by atoms with Gasteiger partial charge in [0.2, 0.25) is 0 Å². The van der Waals surface area contributed by atoms with Crippen LogP contribution in [0.2, 0.25) is 0 Å². The minimum absolute atomic E-state index is 1.03. The molecule has 0 bridgehead atoms. The van der Waals surface area contributed by atoms with Gasteiger partial charge in [0.1, 0.15) is 0 Å². The summed E-state index contributed by atoms with van der Waals surface area (Å²) in [5.74, 6) is 0. The van der Waals surface area contributed by atoms with Crippen LogP contribution in [0.4, 0.5) is 0 Å². The zero-order chi connectivity index (χ0) is 37.1. The van der Waals surface area contributed by atoms with Gasteiger partial charge in [-0.15, -0.1) is 0 Å². The number of rotatable bonds is 3. The van der Waals surface area contributed by atoms with Crippen molar-refractivity contribution >= 4 is 0 Å².